The summed E-state index contributed by atoms with van der Waals surface area (Å²) < 4.78 is 1.70. The van der Waals surface area contributed by atoms with E-state index in [1.54, 1.807) is 9.58 Å². The van der Waals surface area contributed by atoms with Gasteiger partial charge in [-0.25, -0.2) is 0 Å². The number of carbonyl (C=O) groups is 1. The normalized spacial score (nSPS) is 10.9. The second kappa shape index (κ2) is 9.01. The minimum absolute atomic E-state index is 0.0417. The fourth-order valence-electron chi connectivity index (χ4n) is 2.86. The number of aromatic nitrogens is 4. The Labute approximate surface area is 169 Å². The third-order valence-electron chi connectivity index (χ3n) is 4.85. The highest BCUT2D eigenvalue weighted by molar-refractivity contribution is 7.99. The lowest BCUT2D eigenvalue weighted by molar-refractivity contribution is -0.127. The zero-order valence-electron chi connectivity index (χ0n) is 16.7. The number of hydrogen-bond donors (Lipinski definition) is 0. The summed E-state index contributed by atoms with van der Waals surface area (Å²) in [4.78, 5) is 14.3. The number of hydrogen-bond acceptors (Lipinski definition) is 5. The van der Waals surface area contributed by atoms with Crippen molar-refractivity contribution in [2.75, 3.05) is 12.8 Å². The van der Waals surface area contributed by atoms with Crippen LogP contribution in [0.1, 0.15) is 29.2 Å². The predicted molar refractivity (Wildman–Crippen MR) is 112 cm³/mol. The summed E-state index contributed by atoms with van der Waals surface area (Å²) in [7, 11) is 1.82. The van der Waals surface area contributed by atoms with Gasteiger partial charge in [0, 0.05) is 13.6 Å². The lowest BCUT2D eigenvalue weighted by atomic mass is 10.1. The first-order chi connectivity index (χ1) is 13.5. The molecule has 0 aliphatic carbocycles. The van der Waals surface area contributed by atoms with Gasteiger partial charge in [-0.1, -0.05) is 55.1 Å². The van der Waals surface area contributed by atoms with Crippen LogP contribution in [0, 0.1) is 13.8 Å². The molecule has 0 fully saturated rings. The first-order valence-electron chi connectivity index (χ1n) is 9.29. The van der Waals surface area contributed by atoms with E-state index < -0.39 is 0 Å². The average Bonchev–Trinajstić information content (AvgIpc) is 3.17. The van der Waals surface area contributed by atoms with Gasteiger partial charge in [0.1, 0.15) is 0 Å². The van der Waals surface area contributed by atoms with E-state index in [1.165, 1.54) is 22.9 Å². The minimum Gasteiger partial charge on any atom is -0.341 e. The van der Waals surface area contributed by atoms with Crippen LogP contribution in [-0.4, -0.2) is 43.8 Å². The molecular formula is C21H25N5OS. The van der Waals surface area contributed by atoms with Crippen molar-refractivity contribution in [3.63, 3.8) is 0 Å². The zero-order valence-corrected chi connectivity index (χ0v) is 17.5. The van der Waals surface area contributed by atoms with Gasteiger partial charge in [0.2, 0.25) is 11.1 Å². The summed E-state index contributed by atoms with van der Waals surface area (Å²) in [6.07, 6.45) is 1.01. The third kappa shape index (κ3) is 4.59. The van der Waals surface area contributed by atoms with Gasteiger partial charge in [-0.3, -0.25) is 4.79 Å². The highest BCUT2D eigenvalue weighted by Crippen LogP contribution is 2.22. The van der Waals surface area contributed by atoms with Gasteiger partial charge < -0.3 is 4.90 Å². The molecule has 0 aliphatic rings. The number of amides is 1. The topological polar surface area (TPSA) is 63.9 Å². The van der Waals surface area contributed by atoms with Gasteiger partial charge in [-0.05, 0) is 59.0 Å². The largest absolute Gasteiger partial charge is 0.341 e. The Morgan fingerprint density at radius 3 is 2.54 bits per heavy atom. The molecule has 7 heteroatoms. The molecule has 0 bridgehead atoms. The molecule has 1 heterocycles. The number of carbonyl (C=O) groups excluding carboxylic acids is 1. The molecule has 6 nitrogen and oxygen atoms in total. The summed E-state index contributed by atoms with van der Waals surface area (Å²) in [6, 6.07) is 14.4. The molecule has 0 unspecified atom stereocenters. The number of rotatable bonds is 7. The fraction of sp³-hybridized carbons (Fsp3) is 0.333. The van der Waals surface area contributed by atoms with Crippen LogP contribution in [0.5, 0.6) is 0 Å². The van der Waals surface area contributed by atoms with Crippen molar-refractivity contribution in [3.8, 4) is 5.69 Å². The van der Waals surface area contributed by atoms with Crippen molar-refractivity contribution in [2.45, 2.75) is 38.9 Å². The van der Waals surface area contributed by atoms with Crippen molar-refractivity contribution in [1.82, 2.24) is 25.1 Å². The standard InChI is InChI=1S/C21H25N5OS/c1-5-17-9-11-18(12-10-17)13-25(4)20(27)14-28-21-22-23-24-26(21)19-8-6-7-15(2)16(19)3/h6-12H,5,13-14H2,1-4H3. The number of thioether (sulfide) groups is 1. The maximum Gasteiger partial charge on any atom is 0.233 e. The van der Waals surface area contributed by atoms with E-state index in [9.17, 15) is 4.79 Å². The number of tetrazole rings is 1. The van der Waals surface area contributed by atoms with Crippen LogP contribution in [0.2, 0.25) is 0 Å². The SMILES string of the molecule is CCc1ccc(CN(C)C(=O)CSc2nnnn2-c2cccc(C)c2C)cc1. The van der Waals surface area contributed by atoms with Gasteiger partial charge in [0.25, 0.3) is 0 Å². The number of benzene rings is 2. The van der Waals surface area contributed by atoms with Crippen LogP contribution < -0.4 is 0 Å². The number of aryl methyl sites for hydroxylation is 2. The molecule has 0 saturated heterocycles. The monoisotopic (exact) mass is 395 g/mol. The van der Waals surface area contributed by atoms with E-state index in [0.717, 1.165) is 23.2 Å². The lowest BCUT2D eigenvalue weighted by Gasteiger charge is -2.17. The van der Waals surface area contributed by atoms with E-state index >= 15 is 0 Å². The van der Waals surface area contributed by atoms with Crippen LogP contribution in [0.4, 0.5) is 0 Å². The summed E-state index contributed by atoms with van der Waals surface area (Å²) in [5.41, 5.74) is 5.65. The van der Waals surface area contributed by atoms with Gasteiger partial charge in [0.15, 0.2) is 0 Å². The van der Waals surface area contributed by atoms with Crippen LogP contribution >= 0.6 is 11.8 Å². The molecule has 3 rings (SSSR count). The summed E-state index contributed by atoms with van der Waals surface area (Å²) in [6.45, 7) is 6.82. The average molecular weight is 396 g/mol. The molecule has 1 amide bonds. The van der Waals surface area contributed by atoms with E-state index in [0.29, 0.717) is 11.7 Å². The second-order valence-electron chi connectivity index (χ2n) is 6.80. The number of nitrogens with zero attached hydrogens (tertiary/aromatic N) is 5. The Morgan fingerprint density at radius 1 is 1.11 bits per heavy atom. The predicted octanol–water partition coefficient (Wildman–Crippen LogP) is 3.59. The van der Waals surface area contributed by atoms with Crippen molar-refractivity contribution < 1.29 is 4.79 Å². The first-order valence-corrected chi connectivity index (χ1v) is 10.3. The minimum atomic E-state index is 0.0417. The maximum atomic E-state index is 12.6. The fourth-order valence-corrected chi connectivity index (χ4v) is 3.69. The molecule has 2 aromatic carbocycles. The van der Waals surface area contributed by atoms with Crippen molar-refractivity contribution >= 4 is 17.7 Å². The van der Waals surface area contributed by atoms with Gasteiger partial charge in [-0.2, -0.15) is 4.68 Å². The molecule has 1 aromatic heterocycles. The van der Waals surface area contributed by atoms with Crippen LogP contribution in [0.15, 0.2) is 47.6 Å². The molecule has 28 heavy (non-hydrogen) atoms. The summed E-state index contributed by atoms with van der Waals surface area (Å²) in [5, 5.41) is 12.6. The highest BCUT2D eigenvalue weighted by Gasteiger charge is 2.16. The molecule has 3 aromatic rings. The van der Waals surface area contributed by atoms with Crippen molar-refractivity contribution in [1.29, 1.82) is 0 Å². The van der Waals surface area contributed by atoms with E-state index in [2.05, 4.69) is 59.7 Å². The van der Waals surface area contributed by atoms with E-state index in [1.807, 2.05) is 26.1 Å². The molecule has 0 spiro atoms. The first kappa shape index (κ1) is 20.1. The van der Waals surface area contributed by atoms with Gasteiger partial charge >= 0.3 is 0 Å². The van der Waals surface area contributed by atoms with Crippen molar-refractivity contribution in [2.24, 2.45) is 0 Å². The Hall–Kier alpha value is -2.67. The molecule has 0 atom stereocenters. The van der Waals surface area contributed by atoms with Crippen LogP contribution in [0.3, 0.4) is 0 Å². The second-order valence-corrected chi connectivity index (χ2v) is 7.74. The molecule has 0 N–H and O–H groups in total. The smallest absolute Gasteiger partial charge is 0.233 e. The molecular weight excluding hydrogens is 370 g/mol. The van der Waals surface area contributed by atoms with Gasteiger partial charge in [0.05, 0.1) is 11.4 Å². The Bertz CT molecular complexity index is 952. The molecule has 0 aliphatic heterocycles. The third-order valence-corrected chi connectivity index (χ3v) is 5.75. The maximum absolute atomic E-state index is 12.6. The lowest BCUT2D eigenvalue weighted by Crippen LogP contribution is -2.27. The zero-order chi connectivity index (χ0) is 20.1. The van der Waals surface area contributed by atoms with Crippen molar-refractivity contribution in [3.05, 3.63) is 64.7 Å². The molecule has 146 valence electrons. The quantitative estimate of drug-likeness (QED) is 0.572. The Morgan fingerprint density at radius 2 is 1.82 bits per heavy atom. The highest BCUT2D eigenvalue weighted by atomic mass is 32.2. The summed E-state index contributed by atoms with van der Waals surface area (Å²) in [5.74, 6) is 0.328. The molecule has 0 radical (unpaired) electrons. The summed E-state index contributed by atoms with van der Waals surface area (Å²) >= 11 is 1.35. The van der Waals surface area contributed by atoms with E-state index in [4.69, 9.17) is 0 Å². The van der Waals surface area contributed by atoms with E-state index in [-0.39, 0.29) is 11.7 Å². The van der Waals surface area contributed by atoms with Crippen LogP contribution in [-0.2, 0) is 17.8 Å². The molecule has 0 saturated carbocycles. The Kier molecular flexibility index (Phi) is 6.46. The van der Waals surface area contributed by atoms with Crippen LogP contribution in [0.25, 0.3) is 5.69 Å². The van der Waals surface area contributed by atoms with Gasteiger partial charge in [-0.15, -0.1) is 5.10 Å². The Balaban J connectivity index is 1.63.